The molecule has 0 fully saturated rings. The molecule has 0 aromatic heterocycles. The summed E-state index contributed by atoms with van der Waals surface area (Å²) in [5.74, 6) is 0.490. The molecule has 0 bridgehead atoms. The summed E-state index contributed by atoms with van der Waals surface area (Å²) in [7, 11) is 0. The molecule has 0 amide bonds. The van der Waals surface area contributed by atoms with Crippen molar-refractivity contribution in [2.45, 2.75) is 52.4 Å². The van der Waals surface area contributed by atoms with Crippen LogP contribution in [0.5, 0.6) is 0 Å². The van der Waals surface area contributed by atoms with E-state index in [2.05, 4.69) is 20.4 Å². The molecule has 0 rings (SSSR count). The zero-order chi connectivity index (χ0) is 15.5. The third-order valence-electron chi connectivity index (χ3n) is 2.71. The lowest BCUT2D eigenvalue weighted by molar-refractivity contribution is -0.137. The topological polar surface area (TPSA) is 60.4 Å². The molecule has 0 radical (unpaired) electrons. The molecular weight excluding hydrogens is 244 g/mol. The summed E-state index contributed by atoms with van der Waals surface area (Å²) in [5.41, 5.74) is 0. The van der Waals surface area contributed by atoms with E-state index in [0.29, 0.717) is 6.61 Å². The van der Waals surface area contributed by atoms with E-state index in [-0.39, 0.29) is 5.97 Å². The summed E-state index contributed by atoms with van der Waals surface area (Å²) < 4.78 is 4.93. The summed E-state index contributed by atoms with van der Waals surface area (Å²) in [6, 6.07) is 0. The molecule has 0 saturated carbocycles. The predicted molar refractivity (Wildman–Crippen MR) is 77.9 cm³/mol. The average Bonchev–Trinajstić information content (AvgIpc) is 2.50. The number of unbranched alkanes of at least 4 members (excludes halogenated alkanes) is 1. The number of ether oxygens (including phenoxy) is 1. The van der Waals surface area contributed by atoms with Crippen molar-refractivity contribution in [1.29, 1.82) is 0 Å². The Kier molecular flexibility index (Phi) is 26.0. The number of esters is 1. The van der Waals surface area contributed by atoms with Gasteiger partial charge < -0.3 is 14.3 Å². The van der Waals surface area contributed by atoms with Crippen molar-refractivity contribution in [3.8, 4) is 0 Å². The van der Waals surface area contributed by atoms with E-state index in [1.807, 2.05) is 13.6 Å². The Morgan fingerprint density at radius 3 is 2.05 bits per heavy atom. The van der Waals surface area contributed by atoms with E-state index >= 15 is 0 Å². The van der Waals surface area contributed by atoms with Crippen LogP contribution in [0.2, 0.25) is 0 Å². The lowest BCUT2D eigenvalue weighted by atomic mass is 9.94. The van der Waals surface area contributed by atoms with Crippen LogP contribution in [0.25, 0.3) is 0 Å². The monoisotopic (exact) mass is 272 g/mol. The standard InChI is InChI=1S/C13H24O2.2CH2O/c1-4-7-9-12(5-2)10-8-11-15-13(14)6-3;2*1-2/h6,12H,3-5,7-11H2,1-2H3;2*1H2. The van der Waals surface area contributed by atoms with Crippen LogP contribution in [-0.4, -0.2) is 26.2 Å². The van der Waals surface area contributed by atoms with Gasteiger partial charge in [0.05, 0.1) is 6.61 Å². The summed E-state index contributed by atoms with van der Waals surface area (Å²) >= 11 is 0. The number of rotatable bonds is 9. The largest absolute Gasteiger partial charge is 0.463 e. The fourth-order valence-electron chi connectivity index (χ4n) is 1.65. The molecule has 0 saturated heterocycles. The Labute approximate surface area is 117 Å². The average molecular weight is 272 g/mol. The highest BCUT2D eigenvalue weighted by Crippen LogP contribution is 2.18. The molecule has 0 spiro atoms. The first-order valence-corrected chi connectivity index (χ1v) is 6.61. The van der Waals surface area contributed by atoms with Gasteiger partial charge in [-0.25, -0.2) is 4.79 Å². The maximum absolute atomic E-state index is 10.8. The van der Waals surface area contributed by atoms with Crippen LogP contribution in [-0.2, 0) is 19.1 Å². The third kappa shape index (κ3) is 19.1. The van der Waals surface area contributed by atoms with Gasteiger partial charge in [-0.15, -0.1) is 0 Å². The maximum Gasteiger partial charge on any atom is 0.330 e. The lowest BCUT2D eigenvalue weighted by Crippen LogP contribution is -2.05. The van der Waals surface area contributed by atoms with Crippen molar-refractivity contribution in [2.75, 3.05) is 6.61 Å². The number of carbonyl (C=O) groups is 3. The molecular formula is C15H28O4. The summed E-state index contributed by atoms with van der Waals surface area (Å²) in [5, 5.41) is 0. The minimum atomic E-state index is -0.309. The molecule has 0 aromatic rings. The first kappa shape index (κ1) is 22.7. The number of hydrogen-bond acceptors (Lipinski definition) is 4. The van der Waals surface area contributed by atoms with E-state index in [1.54, 1.807) is 0 Å². The zero-order valence-electron chi connectivity index (χ0n) is 12.4. The minimum Gasteiger partial charge on any atom is -0.463 e. The summed E-state index contributed by atoms with van der Waals surface area (Å²) in [6.45, 7) is 12.3. The molecule has 1 unspecified atom stereocenters. The van der Waals surface area contributed by atoms with E-state index in [1.165, 1.54) is 38.2 Å². The van der Waals surface area contributed by atoms with Gasteiger partial charge >= 0.3 is 5.97 Å². The van der Waals surface area contributed by atoms with Crippen molar-refractivity contribution in [3.63, 3.8) is 0 Å². The summed E-state index contributed by atoms with van der Waals surface area (Å²) in [4.78, 5) is 26.8. The van der Waals surface area contributed by atoms with Crippen LogP contribution in [0.15, 0.2) is 12.7 Å². The van der Waals surface area contributed by atoms with Crippen LogP contribution in [0.4, 0.5) is 0 Å². The van der Waals surface area contributed by atoms with Crippen LogP contribution in [0.3, 0.4) is 0 Å². The molecule has 19 heavy (non-hydrogen) atoms. The number of hydrogen-bond donors (Lipinski definition) is 0. The first-order chi connectivity index (χ1) is 9.24. The second kappa shape index (κ2) is 21.8. The quantitative estimate of drug-likeness (QED) is 0.367. The second-order valence-electron chi connectivity index (χ2n) is 3.93. The molecule has 112 valence electrons. The van der Waals surface area contributed by atoms with Crippen LogP contribution >= 0.6 is 0 Å². The summed E-state index contributed by atoms with van der Waals surface area (Å²) in [6.07, 6.45) is 8.47. The van der Waals surface area contributed by atoms with Crippen molar-refractivity contribution in [3.05, 3.63) is 12.7 Å². The van der Waals surface area contributed by atoms with Crippen LogP contribution in [0, 0.1) is 5.92 Å². The Hall–Kier alpha value is -1.45. The third-order valence-corrected chi connectivity index (χ3v) is 2.71. The Bertz CT molecular complexity index is 202. The van der Waals surface area contributed by atoms with E-state index < -0.39 is 0 Å². The lowest BCUT2D eigenvalue weighted by Gasteiger charge is -2.13. The first-order valence-electron chi connectivity index (χ1n) is 6.61. The molecule has 0 aliphatic heterocycles. The van der Waals surface area contributed by atoms with Gasteiger partial charge in [0, 0.05) is 6.08 Å². The second-order valence-corrected chi connectivity index (χ2v) is 3.93. The van der Waals surface area contributed by atoms with Gasteiger partial charge in [0.2, 0.25) is 0 Å². The normalized spacial score (nSPS) is 10.0. The fourth-order valence-corrected chi connectivity index (χ4v) is 1.65. The Balaban J connectivity index is -0.000000579. The van der Waals surface area contributed by atoms with Crippen molar-refractivity contribution in [2.24, 2.45) is 5.92 Å². The molecule has 0 heterocycles. The Morgan fingerprint density at radius 2 is 1.63 bits per heavy atom. The smallest absolute Gasteiger partial charge is 0.330 e. The maximum atomic E-state index is 10.8. The molecule has 0 aliphatic rings. The van der Waals surface area contributed by atoms with Gasteiger partial charge in [0.15, 0.2) is 0 Å². The highest BCUT2D eigenvalue weighted by molar-refractivity contribution is 5.81. The molecule has 4 nitrogen and oxygen atoms in total. The van der Waals surface area contributed by atoms with Crippen LogP contribution in [0.1, 0.15) is 52.4 Å². The predicted octanol–water partition coefficient (Wildman–Crippen LogP) is 3.34. The Morgan fingerprint density at radius 1 is 1.11 bits per heavy atom. The minimum absolute atomic E-state index is 0.309. The van der Waals surface area contributed by atoms with Gasteiger partial charge in [-0.05, 0) is 18.8 Å². The van der Waals surface area contributed by atoms with Crippen molar-refractivity contribution in [1.82, 2.24) is 0 Å². The molecule has 1 atom stereocenters. The van der Waals surface area contributed by atoms with E-state index in [0.717, 1.165) is 12.3 Å². The highest BCUT2D eigenvalue weighted by Gasteiger charge is 2.05. The fraction of sp³-hybridized carbons (Fsp3) is 0.667. The number of carbonyl (C=O) groups excluding carboxylic acids is 3. The van der Waals surface area contributed by atoms with Crippen molar-refractivity contribution < 1.29 is 19.1 Å². The molecule has 0 aliphatic carbocycles. The van der Waals surface area contributed by atoms with Gasteiger partial charge in [0.1, 0.15) is 13.6 Å². The SMILES string of the molecule is C=CC(=O)OCCCC(CC)CCCC.C=O.C=O. The molecule has 4 heteroatoms. The van der Waals surface area contributed by atoms with Gasteiger partial charge in [-0.2, -0.15) is 0 Å². The highest BCUT2D eigenvalue weighted by atomic mass is 16.5. The van der Waals surface area contributed by atoms with Crippen LogP contribution < -0.4 is 0 Å². The van der Waals surface area contributed by atoms with E-state index in [4.69, 9.17) is 14.3 Å². The molecule has 0 aromatic carbocycles. The molecule has 0 N–H and O–H groups in total. The van der Waals surface area contributed by atoms with Gasteiger partial charge in [-0.1, -0.05) is 46.1 Å². The van der Waals surface area contributed by atoms with E-state index in [9.17, 15) is 4.79 Å². The van der Waals surface area contributed by atoms with Gasteiger partial charge in [-0.3, -0.25) is 0 Å². The van der Waals surface area contributed by atoms with Crippen molar-refractivity contribution >= 4 is 19.5 Å². The van der Waals surface area contributed by atoms with Gasteiger partial charge in [0.25, 0.3) is 0 Å². The zero-order valence-corrected chi connectivity index (χ0v) is 12.4.